The molecule has 2 heterocycles. The first-order valence-corrected chi connectivity index (χ1v) is 10.0. The first-order valence-electron chi connectivity index (χ1n) is 9.17. The van der Waals surface area contributed by atoms with Crippen LogP contribution in [0.5, 0.6) is 5.75 Å². The van der Waals surface area contributed by atoms with E-state index < -0.39 is 0 Å². The van der Waals surface area contributed by atoms with Crippen LogP contribution in [0.1, 0.15) is 27.9 Å². The number of anilines is 1. The van der Waals surface area contributed by atoms with Gasteiger partial charge in [-0.3, -0.25) is 9.48 Å². The van der Waals surface area contributed by atoms with E-state index in [1.54, 1.807) is 0 Å². The highest BCUT2D eigenvalue weighted by Crippen LogP contribution is 2.23. The molecule has 0 radical (unpaired) electrons. The molecule has 28 heavy (non-hydrogen) atoms. The van der Waals surface area contributed by atoms with Crippen LogP contribution in [0.4, 0.5) is 5.82 Å². The molecule has 4 rings (SSSR count). The zero-order chi connectivity index (χ0) is 19.5. The van der Waals surface area contributed by atoms with Crippen LogP contribution in [0, 0.1) is 6.92 Å². The number of nitrogens with zero attached hydrogens (tertiary/aromatic N) is 2. The number of fused-ring (bicyclic) bond motifs is 1. The fourth-order valence-corrected chi connectivity index (χ4v) is 3.86. The van der Waals surface area contributed by atoms with E-state index in [2.05, 4.69) is 28.6 Å². The van der Waals surface area contributed by atoms with Crippen LogP contribution in [0.15, 0.2) is 60.0 Å². The normalized spacial score (nSPS) is 10.9. The largest absolute Gasteiger partial charge is 0.489 e. The summed E-state index contributed by atoms with van der Waals surface area (Å²) in [7, 11) is 0. The summed E-state index contributed by atoms with van der Waals surface area (Å²) in [4.78, 5) is 13.1. The van der Waals surface area contributed by atoms with Crippen molar-refractivity contribution in [3.63, 3.8) is 0 Å². The summed E-state index contributed by atoms with van der Waals surface area (Å²) in [6.45, 7) is 5.19. The van der Waals surface area contributed by atoms with Gasteiger partial charge in [0.05, 0.1) is 4.88 Å². The van der Waals surface area contributed by atoms with Crippen LogP contribution in [0.2, 0.25) is 0 Å². The lowest BCUT2D eigenvalue weighted by Gasteiger charge is -2.06. The summed E-state index contributed by atoms with van der Waals surface area (Å²) in [6, 6.07) is 18.0. The predicted octanol–water partition coefficient (Wildman–Crippen LogP) is 5.26. The zero-order valence-corrected chi connectivity index (χ0v) is 16.6. The number of amides is 1. The molecule has 2 aromatic carbocycles. The number of thiophene rings is 1. The van der Waals surface area contributed by atoms with Gasteiger partial charge in [0.1, 0.15) is 12.4 Å². The molecule has 0 aliphatic rings. The molecule has 4 aromatic rings. The fraction of sp³-hybridized carbons (Fsp3) is 0.182. The molecule has 0 fully saturated rings. The Morgan fingerprint density at radius 2 is 1.96 bits per heavy atom. The number of ether oxygens (including phenoxy) is 1. The topological polar surface area (TPSA) is 56.2 Å². The summed E-state index contributed by atoms with van der Waals surface area (Å²) in [5, 5.41) is 11.5. The number of hydrogen-bond donors (Lipinski definition) is 1. The molecular weight excluding hydrogens is 370 g/mol. The molecule has 1 amide bonds. The number of nitrogens with one attached hydrogen (secondary N) is 1. The Labute approximate surface area is 167 Å². The zero-order valence-electron chi connectivity index (χ0n) is 15.8. The van der Waals surface area contributed by atoms with E-state index in [-0.39, 0.29) is 5.91 Å². The molecule has 2 aromatic heterocycles. The van der Waals surface area contributed by atoms with Crippen molar-refractivity contribution in [1.82, 2.24) is 9.78 Å². The van der Waals surface area contributed by atoms with Gasteiger partial charge in [-0.15, -0.1) is 11.3 Å². The number of benzene rings is 2. The Morgan fingerprint density at radius 3 is 2.75 bits per heavy atom. The number of hydrogen-bond acceptors (Lipinski definition) is 4. The summed E-state index contributed by atoms with van der Waals surface area (Å²) in [5.74, 6) is 1.24. The van der Waals surface area contributed by atoms with Crippen molar-refractivity contribution >= 4 is 33.8 Å². The number of carbonyl (C=O) groups excluding carboxylic acids is 1. The van der Waals surface area contributed by atoms with Crippen LogP contribution >= 0.6 is 11.3 Å². The number of carbonyl (C=O) groups is 1. The lowest BCUT2D eigenvalue weighted by molar-refractivity contribution is 0.103. The van der Waals surface area contributed by atoms with E-state index in [9.17, 15) is 4.79 Å². The first-order chi connectivity index (χ1) is 13.6. The number of aromatic nitrogens is 2. The summed E-state index contributed by atoms with van der Waals surface area (Å²) in [6.07, 6.45) is 0. The Hall–Kier alpha value is -3.12. The monoisotopic (exact) mass is 391 g/mol. The van der Waals surface area contributed by atoms with Crippen LogP contribution in [-0.2, 0) is 13.2 Å². The maximum absolute atomic E-state index is 12.5. The highest BCUT2D eigenvalue weighted by Gasteiger charge is 2.12. The average molecular weight is 391 g/mol. The second kappa shape index (κ2) is 7.86. The quantitative estimate of drug-likeness (QED) is 0.488. The van der Waals surface area contributed by atoms with E-state index in [0.29, 0.717) is 17.3 Å². The molecule has 0 saturated carbocycles. The molecule has 0 atom stereocenters. The van der Waals surface area contributed by atoms with Crippen molar-refractivity contribution in [2.24, 2.45) is 0 Å². The Balaban J connectivity index is 1.39. The SMILES string of the molecule is CCn1nc(NC(=O)c2cc(COc3ccc4ccccc4c3)cs2)cc1C. The van der Waals surface area contributed by atoms with E-state index in [0.717, 1.165) is 28.9 Å². The minimum absolute atomic E-state index is 0.150. The van der Waals surface area contributed by atoms with Gasteiger partial charge in [-0.25, -0.2) is 0 Å². The summed E-state index contributed by atoms with van der Waals surface area (Å²) in [5.41, 5.74) is 1.99. The molecule has 5 nitrogen and oxygen atoms in total. The lowest BCUT2D eigenvalue weighted by Crippen LogP contribution is -2.11. The van der Waals surface area contributed by atoms with Gasteiger partial charge in [-0.1, -0.05) is 30.3 Å². The maximum atomic E-state index is 12.5. The average Bonchev–Trinajstić information content (AvgIpc) is 3.32. The second-order valence-electron chi connectivity index (χ2n) is 6.56. The summed E-state index contributed by atoms with van der Waals surface area (Å²) >= 11 is 1.40. The lowest BCUT2D eigenvalue weighted by atomic mass is 10.1. The van der Waals surface area contributed by atoms with Crippen molar-refractivity contribution in [1.29, 1.82) is 0 Å². The van der Waals surface area contributed by atoms with Gasteiger partial charge in [0.15, 0.2) is 5.82 Å². The molecule has 0 aliphatic heterocycles. The Kier molecular flexibility index (Phi) is 5.12. The standard InChI is InChI=1S/C22H21N3O2S/c1-3-25-15(2)10-21(24-25)23-22(26)20-11-16(14-28-20)13-27-19-9-8-17-6-4-5-7-18(17)12-19/h4-12,14H,3,13H2,1-2H3,(H,23,24,26). The summed E-state index contributed by atoms with van der Waals surface area (Å²) < 4.78 is 7.76. The molecule has 0 unspecified atom stereocenters. The first kappa shape index (κ1) is 18.3. The molecule has 0 bridgehead atoms. The van der Waals surface area contributed by atoms with E-state index in [4.69, 9.17) is 4.74 Å². The molecule has 1 N–H and O–H groups in total. The van der Waals surface area contributed by atoms with Gasteiger partial charge in [0.2, 0.25) is 0 Å². The van der Waals surface area contributed by atoms with Crippen molar-refractivity contribution in [2.75, 3.05) is 5.32 Å². The van der Waals surface area contributed by atoms with Gasteiger partial charge in [-0.05, 0) is 48.2 Å². The van der Waals surface area contributed by atoms with Crippen LogP contribution in [0.25, 0.3) is 10.8 Å². The Morgan fingerprint density at radius 1 is 1.14 bits per heavy atom. The molecule has 6 heteroatoms. The van der Waals surface area contributed by atoms with E-state index >= 15 is 0 Å². The smallest absolute Gasteiger partial charge is 0.266 e. The van der Waals surface area contributed by atoms with Gasteiger partial charge < -0.3 is 10.1 Å². The minimum Gasteiger partial charge on any atom is -0.489 e. The number of aryl methyl sites for hydroxylation is 2. The van der Waals surface area contributed by atoms with Crippen LogP contribution in [-0.4, -0.2) is 15.7 Å². The third kappa shape index (κ3) is 3.92. The third-order valence-corrected chi connectivity index (χ3v) is 5.50. The molecule has 0 aliphatic carbocycles. The third-order valence-electron chi connectivity index (χ3n) is 4.53. The molecular formula is C22H21N3O2S. The maximum Gasteiger partial charge on any atom is 0.266 e. The minimum atomic E-state index is -0.150. The van der Waals surface area contributed by atoms with Gasteiger partial charge in [-0.2, -0.15) is 5.10 Å². The second-order valence-corrected chi connectivity index (χ2v) is 7.47. The predicted molar refractivity (Wildman–Crippen MR) is 113 cm³/mol. The van der Waals surface area contributed by atoms with E-state index in [1.165, 1.54) is 16.7 Å². The van der Waals surface area contributed by atoms with Crippen molar-refractivity contribution < 1.29 is 9.53 Å². The fourth-order valence-electron chi connectivity index (χ4n) is 3.06. The molecule has 142 valence electrons. The van der Waals surface area contributed by atoms with Crippen molar-refractivity contribution in [3.05, 3.63) is 76.1 Å². The van der Waals surface area contributed by atoms with E-state index in [1.807, 2.05) is 60.3 Å². The number of rotatable bonds is 6. The highest BCUT2D eigenvalue weighted by molar-refractivity contribution is 7.12. The van der Waals surface area contributed by atoms with Gasteiger partial charge in [0, 0.05) is 23.9 Å². The molecule has 0 saturated heterocycles. The molecule has 0 spiro atoms. The van der Waals surface area contributed by atoms with Gasteiger partial charge in [0.25, 0.3) is 5.91 Å². The Bertz CT molecular complexity index is 1130. The highest BCUT2D eigenvalue weighted by atomic mass is 32.1. The van der Waals surface area contributed by atoms with Gasteiger partial charge >= 0.3 is 0 Å². The van der Waals surface area contributed by atoms with Crippen molar-refractivity contribution in [3.8, 4) is 5.75 Å². The van der Waals surface area contributed by atoms with Crippen LogP contribution < -0.4 is 10.1 Å². The van der Waals surface area contributed by atoms with Crippen LogP contribution in [0.3, 0.4) is 0 Å². The van der Waals surface area contributed by atoms with Crippen molar-refractivity contribution in [2.45, 2.75) is 27.0 Å².